The van der Waals surface area contributed by atoms with Gasteiger partial charge in [0, 0.05) is 19.2 Å². The Labute approximate surface area is 177 Å². The van der Waals surface area contributed by atoms with Gasteiger partial charge >= 0.3 is 0 Å². The lowest BCUT2D eigenvalue weighted by Gasteiger charge is -2.20. The summed E-state index contributed by atoms with van der Waals surface area (Å²) in [6, 6.07) is 24.1. The molecule has 3 aromatic carbocycles. The number of amides is 2. The van der Waals surface area contributed by atoms with E-state index in [-0.39, 0.29) is 11.8 Å². The molecule has 2 amide bonds. The van der Waals surface area contributed by atoms with Crippen LogP contribution in [0.4, 0.5) is 5.69 Å². The zero-order chi connectivity index (χ0) is 21.3. The first-order valence-electron chi connectivity index (χ1n) is 10.0. The van der Waals surface area contributed by atoms with Crippen LogP contribution in [0.15, 0.2) is 78.9 Å². The predicted molar refractivity (Wildman–Crippen MR) is 119 cm³/mol. The van der Waals surface area contributed by atoms with Gasteiger partial charge in [-0.25, -0.2) is 0 Å². The first-order chi connectivity index (χ1) is 14.6. The van der Waals surface area contributed by atoms with E-state index >= 15 is 0 Å². The quantitative estimate of drug-likeness (QED) is 0.610. The van der Waals surface area contributed by atoms with Gasteiger partial charge in [0.2, 0.25) is 0 Å². The number of hydrogen-bond acceptors (Lipinski definition) is 3. The molecular weight excluding hydrogens is 376 g/mol. The number of benzene rings is 3. The highest BCUT2D eigenvalue weighted by molar-refractivity contribution is 6.10. The second-order valence-corrected chi connectivity index (χ2v) is 6.83. The second kappa shape index (κ2) is 10.3. The van der Waals surface area contributed by atoms with E-state index in [0.717, 1.165) is 17.7 Å². The molecule has 0 fully saturated rings. The molecule has 0 heterocycles. The zero-order valence-electron chi connectivity index (χ0n) is 17.3. The summed E-state index contributed by atoms with van der Waals surface area (Å²) >= 11 is 0. The summed E-state index contributed by atoms with van der Waals surface area (Å²) in [4.78, 5) is 27.2. The molecule has 0 aliphatic heterocycles. The van der Waals surface area contributed by atoms with Gasteiger partial charge < -0.3 is 15.0 Å². The molecule has 0 aliphatic carbocycles. The van der Waals surface area contributed by atoms with Gasteiger partial charge in [-0.1, -0.05) is 42.5 Å². The third kappa shape index (κ3) is 5.26. The Morgan fingerprint density at radius 3 is 2.27 bits per heavy atom. The van der Waals surface area contributed by atoms with Gasteiger partial charge in [-0.15, -0.1) is 0 Å². The Hall–Kier alpha value is -3.60. The van der Waals surface area contributed by atoms with Crippen LogP contribution in [-0.4, -0.2) is 32.0 Å². The first kappa shape index (κ1) is 21.1. The Balaban J connectivity index is 1.69. The number of hydrogen-bond donors (Lipinski definition) is 1. The number of nitrogens with one attached hydrogen (secondary N) is 1. The summed E-state index contributed by atoms with van der Waals surface area (Å²) in [5.41, 5.74) is 2.72. The summed E-state index contributed by atoms with van der Waals surface area (Å²) in [6.07, 6.45) is 0.746. The van der Waals surface area contributed by atoms with Gasteiger partial charge in [0.1, 0.15) is 5.75 Å². The van der Waals surface area contributed by atoms with Crippen molar-refractivity contribution in [1.82, 2.24) is 5.32 Å². The van der Waals surface area contributed by atoms with E-state index in [1.165, 1.54) is 4.90 Å². The van der Waals surface area contributed by atoms with Crippen molar-refractivity contribution in [3.8, 4) is 5.75 Å². The highest BCUT2D eigenvalue weighted by atomic mass is 16.5. The monoisotopic (exact) mass is 402 g/mol. The summed E-state index contributed by atoms with van der Waals surface area (Å²) in [5, 5.41) is 2.95. The molecule has 0 atom stereocenters. The predicted octanol–water partition coefficient (Wildman–Crippen LogP) is 4.33. The average Bonchev–Trinajstić information content (AvgIpc) is 2.79. The summed E-state index contributed by atoms with van der Waals surface area (Å²) < 4.78 is 5.43. The highest BCUT2D eigenvalue weighted by Gasteiger charge is 2.19. The first-order valence-corrected chi connectivity index (χ1v) is 10.0. The largest absolute Gasteiger partial charge is 0.494 e. The number of carbonyl (C=O) groups is 2. The minimum Gasteiger partial charge on any atom is -0.494 e. The second-order valence-electron chi connectivity index (χ2n) is 6.83. The third-order valence-corrected chi connectivity index (χ3v) is 4.77. The van der Waals surface area contributed by atoms with Crippen molar-refractivity contribution in [3.05, 3.63) is 95.6 Å². The molecule has 5 heteroatoms. The van der Waals surface area contributed by atoms with Crippen LogP contribution in [-0.2, 0) is 6.42 Å². The van der Waals surface area contributed by atoms with E-state index in [0.29, 0.717) is 30.0 Å². The number of rotatable bonds is 8. The smallest absolute Gasteiger partial charge is 0.258 e. The Morgan fingerprint density at radius 2 is 1.57 bits per heavy atom. The van der Waals surface area contributed by atoms with Gasteiger partial charge in [0.25, 0.3) is 11.8 Å². The van der Waals surface area contributed by atoms with Crippen LogP contribution in [0.1, 0.15) is 33.2 Å². The molecule has 0 saturated carbocycles. The van der Waals surface area contributed by atoms with Crippen LogP contribution in [0.25, 0.3) is 0 Å². The van der Waals surface area contributed by atoms with E-state index in [1.807, 2.05) is 43.3 Å². The van der Waals surface area contributed by atoms with Gasteiger partial charge in [0.15, 0.2) is 0 Å². The van der Waals surface area contributed by atoms with Crippen molar-refractivity contribution < 1.29 is 14.3 Å². The van der Waals surface area contributed by atoms with Crippen molar-refractivity contribution in [2.45, 2.75) is 13.3 Å². The van der Waals surface area contributed by atoms with Crippen molar-refractivity contribution in [3.63, 3.8) is 0 Å². The molecule has 154 valence electrons. The van der Waals surface area contributed by atoms with E-state index in [2.05, 4.69) is 5.32 Å². The van der Waals surface area contributed by atoms with E-state index < -0.39 is 0 Å². The van der Waals surface area contributed by atoms with Crippen LogP contribution in [0.5, 0.6) is 5.75 Å². The molecule has 3 aromatic rings. The fourth-order valence-corrected chi connectivity index (χ4v) is 3.18. The van der Waals surface area contributed by atoms with Crippen LogP contribution in [0.2, 0.25) is 0 Å². The number of ether oxygens (including phenoxy) is 1. The Kier molecular flexibility index (Phi) is 7.22. The van der Waals surface area contributed by atoms with Gasteiger partial charge in [-0.2, -0.15) is 0 Å². The number of nitrogens with zero attached hydrogens (tertiary/aromatic N) is 1. The van der Waals surface area contributed by atoms with Crippen molar-refractivity contribution in [1.29, 1.82) is 0 Å². The molecule has 0 aromatic heterocycles. The molecule has 1 N–H and O–H groups in total. The molecule has 0 unspecified atom stereocenters. The third-order valence-electron chi connectivity index (χ3n) is 4.77. The van der Waals surface area contributed by atoms with Crippen molar-refractivity contribution in [2.24, 2.45) is 0 Å². The maximum Gasteiger partial charge on any atom is 0.258 e. The number of para-hydroxylation sites is 1. The van der Waals surface area contributed by atoms with Crippen molar-refractivity contribution in [2.75, 3.05) is 25.1 Å². The molecule has 0 saturated heterocycles. The lowest BCUT2D eigenvalue weighted by Crippen LogP contribution is -2.31. The molecule has 30 heavy (non-hydrogen) atoms. The maximum atomic E-state index is 12.9. The molecule has 0 spiro atoms. The molecular formula is C25H26N2O3. The lowest BCUT2D eigenvalue weighted by molar-refractivity contribution is 0.0954. The van der Waals surface area contributed by atoms with Crippen LogP contribution >= 0.6 is 0 Å². The standard InChI is InChI=1S/C25H26N2O3/c1-3-30-21-15-13-20(14-16-21)25(29)27(2)23-12-8-7-11-22(23)24(28)26-18-17-19-9-5-4-6-10-19/h4-16H,3,17-18H2,1-2H3,(H,26,28). The minimum atomic E-state index is -0.201. The van der Waals surface area contributed by atoms with E-state index in [9.17, 15) is 9.59 Å². The fraction of sp³-hybridized carbons (Fsp3) is 0.200. The van der Waals surface area contributed by atoms with Crippen LogP contribution < -0.4 is 15.0 Å². The molecule has 5 nitrogen and oxygen atoms in total. The average molecular weight is 402 g/mol. The normalized spacial score (nSPS) is 10.3. The lowest BCUT2D eigenvalue weighted by atomic mass is 10.1. The Morgan fingerprint density at radius 1 is 0.900 bits per heavy atom. The molecule has 0 radical (unpaired) electrons. The SMILES string of the molecule is CCOc1ccc(C(=O)N(C)c2ccccc2C(=O)NCCc2ccccc2)cc1. The minimum absolute atomic E-state index is 0.192. The van der Waals surface area contributed by atoms with Gasteiger partial charge in [-0.05, 0) is 55.3 Å². The number of carbonyl (C=O) groups excluding carboxylic acids is 2. The summed E-state index contributed by atoms with van der Waals surface area (Å²) in [6.45, 7) is 3.00. The van der Waals surface area contributed by atoms with Gasteiger partial charge in [0.05, 0.1) is 17.9 Å². The fourth-order valence-electron chi connectivity index (χ4n) is 3.18. The topological polar surface area (TPSA) is 58.6 Å². The highest BCUT2D eigenvalue weighted by Crippen LogP contribution is 2.22. The van der Waals surface area contributed by atoms with Crippen molar-refractivity contribution >= 4 is 17.5 Å². The van der Waals surface area contributed by atoms with Gasteiger partial charge in [-0.3, -0.25) is 9.59 Å². The molecule has 3 rings (SSSR count). The Bertz CT molecular complexity index is 985. The maximum absolute atomic E-state index is 12.9. The van der Waals surface area contributed by atoms with E-state index in [4.69, 9.17) is 4.74 Å². The molecule has 0 aliphatic rings. The van der Waals surface area contributed by atoms with Crippen LogP contribution in [0.3, 0.4) is 0 Å². The van der Waals surface area contributed by atoms with Crippen LogP contribution in [0, 0.1) is 0 Å². The summed E-state index contributed by atoms with van der Waals surface area (Å²) in [7, 11) is 1.68. The summed E-state index contributed by atoms with van der Waals surface area (Å²) in [5.74, 6) is 0.324. The molecule has 0 bridgehead atoms. The zero-order valence-corrected chi connectivity index (χ0v) is 17.3. The number of anilines is 1. The van der Waals surface area contributed by atoms with E-state index in [1.54, 1.807) is 49.5 Å².